The molecule has 0 spiro atoms. The Bertz CT molecular complexity index is 876. The number of amides is 1. The van der Waals surface area contributed by atoms with E-state index in [1.54, 1.807) is 6.20 Å². The van der Waals surface area contributed by atoms with Crippen molar-refractivity contribution < 1.29 is 24.6 Å². The van der Waals surface area contributed by atoms with Crippen LogP contribution in [0.3, 0.4) is 0 Å². The fourth-order valence-electron chi connectivity index (χ4n) is 4.95. The van der Waals surface area contributed by atoms with E-state index in [9.17, 15) is 4.79 Å². The molecule has 2 aromatic heterocycles. The first-order chi connectivity index (χ1) is 17.0. The van der Waals surface area contributed by atoms with Crippen molar-refractivity contribution in [2.24, 2.45) is 5.41 Å². The van der Waals surface area contributed by atoms with Gasteiger partial charge in [0.25, 0.3) is 12.9 Å². The maximum absolute atomic E-state index is 13.4. The topological polar surface area (TPSA) is 141 Å². The van der Waals surface area contributed by atoms with Crippen LogP contribution in [0.5, 0.6) is 0 Å². The van der Waals surface area contributed by atoms with E-state index < -0.39 is 0 Å². The van der Waals surface area contributed by atoms with Crippen LogP contribution in [-0.4, -0.2) is 92.7 Å². The van der Waals surface area contributed by atoms with Gasteiger partial charge in [0.2, 0.25) is 5.91 Å². The molecule has 3 N–H and O–H groups in total. The molecule has 4 heterocycles. The molecule has 0 aromatic carbocycles. The van der Waals surface area contributed by atoms with Crippen LogP contribution in [0.2, 0.25) is 0 Å². The van der Waals surface area contributed by atoms with Gasteiger partial charge in [0.05, 0.1) is 17.4 Å². The van der Waals surface area contributed by atoms with Crippen LogP contribution < -0.4 is 5.32 Å². The van der Waals surface area contributed by atoms with Gasteiger partial charge in [0.15, 0.2) is 0 Å². The molecular formula is C24H36N6O5. The summed E-state index contributed by atoms with van der Waals surface area (Å²) in [6, 6.07) is 6.32. The van der Waals surface area contributed by atoms with E-state index >= 15 is 0 Å². The fraction of sp³-hybridized carbons (Fsp3) is 0.542. The van der Waals surface area contributed by atoms with Crippen LogP contribution in [0.15, 0.2) is 43.1 Å². The van der Waals surface area contributed by atoms with Crippen molar-refractivity contribution in [3.05, 3.63) is 48.8 Å². The number of rotatable bonds is 7. The normalized spacial score (nSPS) is 21.8. The third kappa shape index (κ3) is 8.15. The first-order valence-corrected chi connectivity index (χ1v) is 11.7. The number of likely N-dealkylation sites (tertiary alicyclic amines) is 2. The van der Waals surface area contributed by atoms with Crippen molar-refractivity contribution in [3.8, 4) is 0 Å². The average Bonchev–Trinajstić information content (AvgIpc) is 3.37. The number of carboxylic acid groups (broad SMARTS) is 2. The molecule has 0 radical (unpaired) electrons. The number of imidazole rings is 1. The average molecular weight is 489 g/mol. The number of piperidine rings is 2. The van der Waals surface area contributed by atoms with Crippen molar-refractivity contribution in [2.45, 2.75) is 44.8 Å². The smallest absolute Gasteiger partial charge is 0.290 e. The predicted molar refractivity (Wildman–Crippen MR) is 129 cm³/mol. The van der Waals surface area contributed by atoms with Gasteiger partial charge in [0.1, 0.15) is 0 Å². The summed E-state index contributed by atoms with van der Waals surface area (Å²) in [7, 11) is 2.17. The van der Waals surface area contributed by atoms with Gasteiger partial charge < -0.3 is 25.0 Å². The Hall–Kier alpha value is -3.31. The number of likely N-dealkylation sites (N-methyl/N-ethyl adjacent to an activating group) is 1. The second-order valence-corrected chi connectivity index (χ2v) is 8.70. The summed E-state index contributed by atoms with van der Waals surface area (Å²) >= 11 is 0. The minimum absolute atomic E-state index is 0.241. The maximum Gasteiger partial charge on any atom is 0.290 e. The highest BCUT2D eigenvalue weighted by atomic mass is 16.3. The number of carbonyl (C=O) groups excluding carboxylic acids is 1. The molecule has 0 bridgehead atoms. The minimum atomic E-state index is -0.283. The van der Waals surface area contributed by atoms with Gasteiger partial charge in [0, 0.05) is 50.8 Å². The lowest BCUT2D eigenvalue weighted by Crippen LogP contribution is -2.65. The van der Waals surface area contributed by atoms with Crippen molar-refractivity contribution >= 4 is 18.9 Å². The van der Waals surface area contributed by atoms with Gasteiger partial charge in [-0.05, 0) is 58.0 Å². The first kappa shape index (κ1) is 27.9. The van der Waals surface area contributed by atoms with Crippen LogP contribution in [0.4, 0.5) is 0 Å². The number of pyridine rings is 1. The van der Waals surface area contributed by atoms with Crippen molar-refractivity contribution in [1.82, 2.24) is 29.7 Å². The van der Waals surface area contributed by atoms with Crippen LogP contribution >= 0.6 is 0 Å². The summed E-state index contributed by atoms with van der Waals surface area (Å²) in [6.45, 7) is 4.86. The number of aryl methyl sites for hydroxylation is 1. The molecule has 192 valence electrons. The van der Waals surface area contributed by atoms with Crippen LogP contribution in [0, 0.1) is 5.41 Å². The van der Waals surface area contributed by atoms with Crippen molar-refractivity contribution in [3.63, 3.8) is 0 Å². The second-order valence-electron chi connectivity index (χ2n) is 8.70. The molecule has 0 saturated carbocycles. The third-order valence-electron chi connectivity index (χ3n) is 6.55. The number of carbonyl (C=O) groups is 3. The Kier molecular flexibility index (Phi) is 11.8. The molecular weight excluding hydrogens is 452 g/mol. The Morgan fingerprint density at radius 3 is 2.63 bits per heavy atom. The Labute approximate surface area is 205 Å². The van der Waals surface area contributed by atoms with E-state index in [1.165, 1.54) is 0 Å². The highest BCUT2D eigenvalue weighted by Crippen LogP contribution is 2.43. The molecule has 11 nitrogen and oxygen atoms in total. The van der Waals surface area contributed by atoms with Gasteiger partial charge >= 0.3 is 0 Å². The highest BCUT2D eigenvalue weighted by Gasteiger charge is 2.52. The van der Waals surface area contributed by atoms with Crippen LogP contribution in [-0.2, 0) is 27.5 Å². The SMILES string of the molecule is CN1CC[C@]2(C(=O)NCCCn3ccnc3)CCCN(Cc3ccccn3)[C@H]2C1.O=CO.O=CO. The van der Waals surface area contributed by atoms with Gasteiger partial charge in [-0.25, -0.2) is 4.98 Å². The Balaban J connectivity index is 0.000000655. The summed E-state index contributed by atoms with van der Waals surface area (Å²) in [5.74, 6) is 0.243. The van der Waals surface area contributed by atoms with Gasteiger partial charge in [-0.2, -0.15) is 0 Å². The van der Waals surface area contributed by atoms with Crippen LogP contribution in [0.25, 0.3) is 0 Å². The largest absolute Gasteiger partial charge is 0.483 e. The summed E-state index contributed by atoms with van der Waals surface area (Å²) in [4.78, 5) is 43.6. The zero-order valence-electron chi connectivity index (χ0n) is 20.2. The van der Waals surface area contributed by atoms with E-state index in [1.807, 2.05) is 30.9 Å². The molecule has 0 unspecified atom stereocenters. The molecule has 2 saturated heterocycles. The molecule has 35 heavy (non-hydrogen) atoms. The number of fused-ring (bicyclic) bond motifs is 1. The van der Waals surface area contributed by atoms with Crippen molar-refractivity contribution in [1.29, 1.82) is 0 Å². The predicted octanol–water partition coefficient (Wildman–Crippen LogP) is 1.17. The van der Waals surface area contributed by atoms with E-state index in [2.05, 4.69) is 42.8 Å². The summed E-state index contributed by atoms with van der Waals surface area (Å²) in [5, 5.41) is 17.0. The van der Waals surface area contributed by atoms with Gasteiger partial charge in [-0.1, -0.05) is 6.07 Å². The summed E-state index contributed by atoms with van der Waals surface area (Å²) < 4.78 is 2.05. The zero-order chi connectivity index (χ0) is 25.5. The lowest BCUT2D eigenvalue weighted by Gasteiger charge is -2.53. The van der Waals surface area contributed by atoms with Crippen LogP contribution in [0.1, 0.15) is 31.4 Å². The third-order valence-corrected chi connectivity index (χ3v) is 6.55. The minimum Gasteiger partial charge on any atom is -0.483 e. The van der Waals surface area contributed by atoms with Gasteiger partial charge in [-0.3, -0.25) is 24.3 Å². The fourth-order valence-corrected chi connectivity index (χ4v) is 4.95. The van der Waals surface area contributed by atoms with Gasteiger partial charge in [-0.15, -0.1) is 0 Å². The molecule has 11 heteroatoms. The molecule has 2 aromatic rings. The molecule has 4 rings (SSSR count). The van der Waals surface area contributed by atoms with Crippen molar-refractivity contribution in [2.75, 3.05) is 33.2 Å². The molecule has 2 aliphatic heterocycles. The molecule has 2 aliphatic rings. The lowest BCUT2D eigenvalue weighted by molar-refractivity contribution is -0.145. The van der Waals surface area contributed by atoms with E-state index in [-0.39, 0.29) is 30.3 Å². The number of hydrogen-bond donors (Lipinski definition) is 3. The molecule has 1 amide bonds. The van der Waals surface area contributed by atoms with E-state index in [0.717, 1.165) is 64.1 Å². The zero-order valence-corrected chi connectivity index (χ0v) is 20.2. The van der Waals surface area contributed by atoms with E-state index in [0.29, 0.717) is 6.54 Å². The quantitative estimate of drug-likeness (QED) is 0.387. The number of hydrogen-bond acceptors (Lipinski definition) is 7. The lowest BCUT2D eigenvalue weighted by atomic mass is 9.67. The highest BCUT2D eigenvalue weighted by molar-refractivity contribution is 5.83. The maximum atomic E-state index is 13.4. The summed E-state index contributed by atoms with van der Waals surface area (Å²) in [6.07, 6.45) is 11.3. The second kappa shape index (κ2) is 14.8. The summed E-state index contributed by atoms with van der Waals surface area (Å²) in [5.41, 5.74) is 0.798. The Morgan fingerprint density at radius 2 is 1.97 bits per heavy atom. The molecule has 2 fully saturated rings. The molecule has 0 aliphatic carbocycles. The van der Waals surface area contributed by atoms with E-state index in [4.69, 9.17) is 19.8 Å². The molecule has 2 atom stereocenters. The number of nitrogens with zero attached hydrogens (tertiary/aromatic N) is 5. The first-order valence-electron chi connectivity index (χ1n) is 11.7. The number of nitrogens with one attached hydrogen (secondary N) is 1. The Morgan fingerprint density at radius 1 is 1.20 bits per heavy atom. The standard InChI is InChI=1S/C22H32N6O.2CH2O2/c1-26-14-8-22(21(29)25-10-5-12-27-15-11-23-18-27)7-4-13-28(20(22)17-26)16-19-6-2-3-9-24-19;2*2-1-3/h2-3,6,9,11,15,18,20H,4-5,7-8,10,12-14,16-17H2,1H3,(H,25,29);2*1H,(H,2,3)/t20-,22+;;/m0../s1. The monoisotopic (exact) mass is 488 g/mol. The number of aromatic nitrogens is 3.